The van der Waals surface area contributed by atoms with Gasteiger partial charge in [-0.05, 0) is 24.5 Å². The van der Waals surface area contributed by atoms with Crippen molar-refractivity contribution in [3.63, 3.8) is 0 Å². The van der Waals surface area contributed by atoms with E-state index in [-0.39, 0.29) is 17.0 Å². The van der Waals surface area contributed by atoms with Crippen LogP contribution in [0, 0.1) is 5.92 Å². The van der Waals surface area contributed by atoms with E-state index >= 15 is 0 Å². The fourth-order valence-corrected chi connectivity index (χ4v) is 3.77. The van der Waals surface area contributed by atoms with Gasteiger partial charge in [0.2, 0.25) is 0 Å². The zero-order chi connectivity index (χ0) is 13.3. The van der Waals surface area contributed by atoms with E-state index in [1.165, 1.54) is 6.07 Å². The normalized spacial score (nSPS) is 18.8. The first-order chi connectivity index (χ1) is 8.48. The second-order valence-corrected chi connectivity index (χ2v) is 6.90. The molecule has 0 bridgehead atoms. The molecule has 98 valence electrons. The Morgan fingerprint density at radius 2 is 2.00 bits per heavy atom. The Labute approximate surface area is 115 Å². The largest absolute Gasteiger partial charge is 0.269 e. The molecule has 4 nitrogen and oxygen atoms in total. The molecular formula is C12H14BrNO3S. The summed E-state index contributed by atoms with van der Waals surface area (Å²) >= 11 is 3.34. The van der Waals surface area contributed by atoms with E-state index in [1.54, 1.807) is 18.2 Å². The maximum Gasteiger partial charge on any atom is 0.269 e. The van der Waals surface area contributed by atoms with Crippen LogP contribution in [0.25, 0.3) is 0 Å². The maximum atomic E-state index is 12.2. The summed E-state index contributed by atoms with van der Waals surface area (Å²) in [5, 5.41) is 0.794. The van der Waals surface area contributed by atoms with Gasteiger partial charge in [0.15, 0.2) is 0 Å². The van der Waals surface area contributed by atoms with Gasteiger partial charge in [-0.15, -0.1) is 0 Å². The Morgan fingerprint density at radius 3 is 2.61 bits per heavy atom. The summed E-state index contributed by atoms with van der Waals surface area (Å²) in [7, 11) is -3.63. The molecule has 0 aliphatic carbocycles. The van der Waals surface area contributed by atoms with Crippen LogP contribution in [0.2, 0.25) is 0 Å². The van der Waals surface area contributed by atoms with Crippen molar-refractivity contribution < 1.29 is 13.2 Å². The molecule has 0 radical (unpaired) electrons. The Balaban J connectivity index is 2.28. The lowest BCUT2D eigenvalue weighted by Gasteiger charge is -2.16. The van der Waals surface area contributed by atoms with Crippen molar-refractivity contribution in [1.82, 2.24) is 4.31 Å². The number of nitrogens with zero attached hydrogens (tertiary/aromatic N) is 1. The molecule has 0 fully saturated rings. The molecule has 1 aliphatic rings. The number of rotatable bonds is 4. The minimum Gasteiger partial charge on any atom is -0.268 e. The molecule has 1 atom stereocenters. The van der Waals surface area contributed by atoms with E-state index < -0.39 is 15.9 Å². The number of hydrogen-bond acceptors (Lipinski definition) is 3. The van der Waals surface area contributed by atoms with E-state index in [9.17, 15) is 13.2 Å². The molecule has 0 saturated carbocycles. The van der Waals surface area contributed by atoms with E-state index in [0.29, 0.717) is 12.3 Å². The highest BCUT2D eigenvalue weighted by atomic mass is 79.9. The molecule has 6 heteroatoms. The van der Waals surface area contributed by atoms with Crippen molar-refractivity contribution in [2.75, 3.05) is 11.9 Å². The molecule has 2 rings (SSSR count). The molecule has 0 saturated heterocycles. The molecule has 1 heterocycles. The van der Waals surface area contributed by atoms with Crippen molar-refractivity contribution in [3.05, 3.63) is 29.8 Å². The summed E-state index contributed by atoms with van der Waals surface area (Å²) in [6, 6.07) is 6.35. The van der Waals surface area contributed by atoms with Gasteiger partial charge in [0.05, 0.1) is 5.56 Å². The number of benzene rings is 1. The zero-order valence-electron chi connectivity index (χ0n) is 9.97. The molecule has 1 amide bonds. The fraction of sp³-hybridized carbons (Fsp3) is 0.417. The van der Waals surface area contributed by atoms with Gasteiger partial charge in [0, 0.05) is 11.9 Å². The summed E-state index contributed by atoms with van der Waals surface area (Å²) in [5.41, 5.74) is 0.281. The lowest BCUT2D eigenvalue weighted by Crippen LogP contribution is -2.31. The molecular weight excluding hydrogens is 318 g/mol. The van der Waals surface area contributed by atoms with Crippen LogP contribution in [0.1, 0.15) is 23.7 Å². The van der Waals surface area contributed by atoms with Crippen molar-refractivity contribution in [2.24, 2.45) is 5.92 Å². The Morgan fingerprint density at radius 1 is 1.33 bits per heavy atom. The summed E-state index contributed by atoms with van der Waals surface area (Å²) < 4.78 is 25.4. The molecule has 1 aromatic carbocycles. The van der Waals surface area contributed by atoms with Crippen molar-refractivity contribution >= 4 is 31.9 Å². The summed E-state index contributed by atoms with van der Waals surface area (Å²) in [6.07, 6.45) is 0.657. The second-order valence-electron chi connectivity index (χ2n) is 4.43. The Hall–Kier alpha value is -0.880. The monoisotopic (exact) mass is 331 g/mol. The van der Waals surface area contributed by atoms with E-state index in [2.05, 4.69) is 15.9 Å². The average molecular weight is 332 g/mol. The first kappa shape index (κ1) is 13.5. The van der Waals surface area contributed by atoms with Crippen LogP contribution in [-0.4, -0.2) is 30.5 Å². The van der Waals surface area contributed by atoms with Crippen LogP contribution in [0.5, 0.6) is 0 Å². The summed E-state index contributed by atoms with van der Waals surface area (Å²) in [4.78, 5) is 12.2. The maximum absolute atomic E-state index is 12.2. The van der Waals surface area contributed by atoms with Gasteiger partial charge in [-0.25, -0.2) is 12.7 Å². The molecule has 1 unspecified atom stereocenters. The number of carbonyl (C=O) groups excluding carboxylic acids is 1. The van der Waals surface area contributed by atoms with Crippen molar-refractivity contribution in [1.29, 1.82) is 0 Å². The number of alkyl halides is 1. The van der Waals surface area contributed by atoms with Gasteiger partial charge < -0.3 is 0 Å². The lowest BCUT2D eigenvalue weighted by molar-refractivity contribution is 0.0867. The Kier molecular flexibility index (Phi) is 3.77. The smallest absolute Gasteiger partial charge is 0.268 e. The summed E-state index contributed by atoms with van der Waals surface area (Å²) in [5.74, 6) is -0.0796. The van der Waals surface area contributed by atoms with E-state index in [1.807, 2.05) is 6.92 Å². The third-order valence-electron chi connectivity index (χ3n) is 3.00. The highest BCUT2D eigenvalue weighted by molar-refractivity contribution is 9.09. The second kappa shape index (κ2) is 5.01. The van der Waals surface area contributed by atoms with Crippen molar-refractivity contribution in [3.8, 4) is 0 Å². The summed E-state index contributed by atoms with van der Waals surface area (Å²) in [6.45, 7) is 2.25. The van der Waals surface area contributed by atoms with Crippen LogP contribution < -0.4 is 0 Å². The minimum atomic E-state index is -3.63. The highest BCUT2D eigenvalue weighted by Crippen LogP contribution is 2.30. The number of carbonyl (C=O) groups is 1. The number of hydrogen-bond donors (Lipinski definition) is 0. The first-order valence-electron chi connectivity index (χ1n) is 5.70. The minimum absolute atomic E-state index is 0.126. The number of amides is 1. The Bertz CT molecular complexity index is 570. The first-order valence-corrected chi connectivity index (χ1v) is 8.26. The van der Waals surface area contributed by atoms with Crippen LogP contribution in [0.15, 0.2) is 29.2 Å². The van der Waals surface area contributed by atoms with Gasteiger partial charge >= 0.3 is 0 Å². The molecule has 1 aliphatic heterocycles. The van der Waals surface area contributed by atoms with Gasteiger partial charge in [-0.1, -0.05) is 35.0 Å². The molecule has 18 heavy (non-hydrogen) atoms. The topological polar surface area (TPSA) is 54.5 Å². The molecule has 0 aromatic heterocycles. The number of fused-ring (bicyclic) bond motifs is 1. The predicted molar refractivity (Wildman–Crippen MR) is 72.2 cm³/mol. The number of sulfonamides is 1. The molecule has 1 aromatic rings. The van der Waals surface area contributed by atoms with Crippen LogP contribution >= 0.6 is 15.9 Å². The van der Waals surface area contributed by atoms with Crippen LogP contribution in [0.4, 0.5) is 0 Å². The van der Waals surface area contributed by atoms with Gasteiger partial charge in [0.25, 0.3) is 15.9 Å². The van der Waals surface area contributed by atoms with Crippen LogP contribution in [0.3, 0.4) is 0 Å². The van der Waals surface area contributed by atoms with Gasteiger partial charge in [-0.3, -0.25) is 4.79 Å². The van der Waals surface area contributed by atoms with Crippen LogP contribution in [-0.2, 0) is 10.0 Å². The number of halogens is 1. The van der Waals surface area contributed by atoms with E-state index in [4.69, 9.17) is 0 Å². The fourth-order valence-electron chi connectivity index (χ4n) is 1.87. The lowest BCUT2D eigenvalue weighted by atomic mass is 10.1. The molecule has 0 N–H and O–H groups in total. The van der Waals surface area contributed by atoms with Crippen molar-refractivity contribution in [2.45, 2.75) is 18.2 Å². The highest BCUT2D eigenvalue weighted by Gasteiger charge is 2.40. The predicted octanol–water partition coefficient (Wildman–Crippen LogP) is 2.25. The zero-order valence-corrected chi connectivity index (χ0v) is 12.4. The van der Waals surface area contributed by atoms with E-state index in [0.717, 1.165) is 9.64 Å². The SMILES string of the molecule is CC(CBr)CCN1C(=O)c2ccccc2S1(=O)=O. The standard InChI is InChI=1S/C12H14BrNO3S/c1-9(8-13)6-7-14-12(15)10-4-2-3-5-11(10)18(14,16)17/h2-5,9H,6-8H2,1H3. The van der Waals surface area contributed by atoms with Gasteiger partial charge in [-0.2, -0.15) is 0 Å². The third-order valence-corrected chi connectivity index (χ3v) is 5.95. The average Bonchev–Trinajstić information content (AvgIpc) is 2.56. The van der Waals surface area contributed by atoms with Gasteiger partial charge in [0.1, 0.15) is 4.90 Å². The molecule has 0 spiro atoms. The third kappa shape index (κ3) is 2.19. The quantitative estimate of drug-likeness (QED) is 0.795.